The summed E-state index contributed by atoms with van der Waals surface area (Å²) in [6.45, 7) is 5.04. The van der Waals surface area contributed by atoms with E-state index >= 15 is 0 Å². The Morgan fingerprint density at radius 3 is 2.06 bits per heavy atom. The molecule has 1 heterocycles. The van der Waals surface area contributed by atoms with Gasteiger partial charge >= 0.3 is 5.97 Å². The van der Waals surface area contributed by atoms with Gasteiger partial charge in [-0.2, -0.15) is 0 Å². The Hall–Kier alpha value is -3.48. The fourth-order valence-electron chi connectivity index (χ4n) is 4.71. The summed E-state index contributed by atoms with van der Waals surface area (Å²) in [5.41, 5.74) is 9.02. The highest BCUT2D eigenvalue weighted by Crippen LogP contribution is 2.32. The first kappa shape index (κ1) is 23.7. The van der Waals surface area contributed by atoms with E-state index in [2.05, 4.69) is 29.6 Å². The lowest BCUT2D eigenvalue weighted by Crippen LogP contribution is -2.57. The molecule has 6 heteroatoms. The maximum Gasteiger partial charge on any atom is 0.328 e. The SMILES string of the molecule is CC(C(=O)O)(c1ccccc1C(N)=NCC(c1ccccc1)c1ccccc1)N1CCNCC1. The zero-order valence-corrected chi connectivity index (χ0v) is 19.5. The van der Waals surface area contributed by atoms with Gasteiger partial charge in [-0.15, -0.1) is 0 Å². The molecular formula is C28H32N4O2. The normalized spacial score (nSPS) is 16.8. The van der Waals surface area contributed by atoms with Gasteiger partial charge in [-0.1, -0.05) is 84.9 Å². The van der Waals surface area contributed by atoms with Gasteiger partial charge in [0.2, 0.25) is 0 Å². The van der Waals surface area contributed by atoms with Gasteiger partial charge < -0.3 is 16.2 Å². The van der Waals surface area contributed by atoms with Crippen LogP contribution in [-0.2, 0) is 10.3 Å². The van der Waals surface area contributed by atoms with Crippen molar-refractivity contribution in [2.24, 2.45) is 10.7 Å². The van der Waals surface area contributed by atoms with Crippen LogP contribution in [0.4, 0.5) is 0 Å². The Morgan fingerprint density at radius 1 is 0.971 bits per heavy atom. The highest BCUT2D eigenvalue weighted by molar-refractivity contribution is 6.00. The first-order valence-corrected chi connectivity index (χ1v) is 11.7. The number of aliphatic carboxylic acids is 1. The van der Waals surface area contributed by atoms with Crippen LogP contribution in [0.5, 0.6) is 0 Å². The van der Waals surface area contributed by atoms with Crippen LogP contribution < -0.4 is 11.1 Å². The summed E-state index contributed by atoms with van der Waals surface area (Å²) in [5.74, 6) is -0.483. The van der Waals surface area contributed by atoms with Crippen molar-refractivity contribution in [3.63, 3.8) is 0 Å². The third-order valence-electron chi connectivity index (χ3n) is 6.74. The Kier molecular flexibility index (Phi) is 7.40. The lowest BCUT2D eigenvalue weighted by Gasteiger charge is -2.41. The molecule has 3 aromatic carbocycles. The third-order valence-corrected chi connectivity index (χ3v) is 6.74. The average molecular weight is 457 g/mol. The summed E-state index contributed by atoms with van der Waals surface area (Å²) >= 11 is 0. The molecule has 1 unspecified atom stereocenters. The van der Waals surface area contributed by atoms with Crippen molar-refractivity contribution < 1.29 is 9.90 Å². The second kappa shape index (κ2) is 10.6. The molecule has 1 fully saturated rings. The molecule has 176 valence electrons. The molecule has 0 spiro atoms. The van der Waals surface area contributed by atoms with E-state index in [4.69, 9.17) is 10.7 Å². The van der Waals surface area contributed by atoms with Crippen LogP contribution in [0.15, 0.2) is 89.9 Å². The molecule has 0 saturated carbocycles. The Morgan fingerprint density at radius 2 is 1.50 bits per heavy atom. The molecule has 0 aliphatic carbocycles. The minimum atomic E-state index is -1.20. The Balaban J connectivity index is 1.70. The van der Waals surface area contributed by atoms with Crippen molar-refractivity contribution in [2.45, 2.75) is 18.4 Å². The van der Waals surface area contributed by atoms with Gasteiger partial charge in [-0.25, -0.2) is 4.79 Å². The van der Waals surface area contributed by atoms with Crippen molar-refractivity contribution in [1.82, 2.24) is 10.2 Å². The van der Waals surface area contributed by atoms with Crippen molar-refractivity contribution in [1.29, 1.82) is 0 Å². The standard InChI is InChI=1S/C28H32N4O2/c1-28(27(33)34,32-18-16-30-17-19-32)25-15-9-8-14-23(25)26(29)31-20-24(21-10-4-2-5-11-21)22-12-6-3-7-13-22/h2-15,24,30H,16-20H2,1H3,(H2,29,31)(H,33,34). The van der Waals surface area contributed by atoms with Crippen LogP contribution in [0.2, 0.25) is 0 Å². The molecule has 34 heavy (non-hydrogen) atoms. The summed E-state index contributed by atoms with van der Waals surface area (Å²) in [7, 11) is 0. The van der Waals surface area contributed by atoms with Crippen LogP contribution in [0.25, 0.3) is 0 Å². The molecule has 4 N–H and O–H groups in total. The molecule has 0 radical (unpaired) electrons. The second-order valence-corrected chi connectivity index (χ2v) is 8.76. The number of carboxylic acids is 1. The highest BCUT2D eigenvalue weighted by atomic mass is 16.4. The van der Waals surface area contributed by atoms with Crippen molar-refractivity contribution in [3.05, 3.63) is 107 Å². The summed E-state index contributed by atoms with van der Waals surface area (Å²) < 4.78 is 0. The lowest BCUT2D eigenvalue weighted by atomic mass is 9.85. The number of piperazine rings is 1. The zero-order valence-electron chi connectivity index (χ0n) is 19.5. The van der Waals surface area contributed by atoms with Gasteiger partial charge in [-0.05, 0) is 23.6 Å². The smallest absolute Gasteiger partial charge is 0.328 e. The molecule has 1 atom stereocenters. The van der Waals surface area contributed by atoms with Gasteiger partial charge in [0, 0.05) is 37.7 Å². The van der Waals surface area contributed by atoms with E-state index in [-0.39, 0.29) is 5.92 Å². The monoisotopic (exact) mass is 456 g/mol. The quantitative estimate of drug-likeness (QED) is 0.357. The number of nitrogens with two attached hydrogens (primary N) is 1. The highest BCUT2D eigenvalue weighted by Gasteiger charge is 2.43. The zero-order chi connectivity index (χ0) is 24.0. The molecule has 1 saturated heterocycles. The van der Waals surface area contributed by atoms with Crippen LogP contribution in [0.3, 0.4) is 0 Å². The van der Waals surface area contributed by atoms with Crippen LogP contribution in [-0.4, -0.2) is 54.5 Å². The third kappa shape index (κ3) is 4.88. The fourth-order valence-corrected chi connectivity index (χ4v) is 4.71. The lowest BCUT2D eigenvalue weighted by molar-refractivity contribution is -0.151. The van der Waals surface area contributed by atoms with Crippen LogP contribution in [0.1, 0.15) is 35.1 Å². The number of nitrogens with zero attached hydrogens (tertiary/aromatic N) is 2. The fraction of sp³-hybridized carbons (Fsp3) is 0.286. The largest absolute Gasteiger partial charge is 0.480 e. The topological polar surface area (TPSA) is 90.9 Å². The van der Waals surface area contributed by atoms with E-state index in [1.165, 1.54) is 0 Å². The summed E-state index contributed by atoms with van der Waals surface area (Å²) in [6.07, 6.45) is 0. The maximum atomic E-state index is 12.6. The van der Waals surface area contributed by atoms with Crippen LogP contribution >= 0.6 is 0 Å². The summed E-state index contributed by atoms with van der Waals surface area (Å²) in [6, 6.07) is 28.0. The molecule has 1 aliphatic heterocycles. The average Bonchev–Trinajstić information content (AvgIpc) is 2.90. The summed E-state index contributed by atoms with van der Waals surface area (Å²) in [5, 5.41) is 13.6. The van der Waals surface area contributed by atoms with Crippen LogP contribution in [0, 0.1) is 0 Å². The van der Waals surface area contributed by atoms with Crippen molar-refractivity contribution >= 4 is 11.8 Å². The van der Waals surface area contributed by atoms with Gasteiger partial charge in [0.05, 0.1) is 6.54 Å². The number of carbonyl (C=O) groups is 1. The van der Waals surface area contributed by atoms with Crippen molar-refractivity contribution in [3.8, 4) is 0 Å². The van der Waals surface area contributed by atoms with Crippen molar-refractivity contribution in [2.75, 3.05) is 32.7 Å². The van der Waals surface area contributed by atoms with Gasteiger partial charge in [0.25, 0.3) is 0 Å². The molecular weight excluding hydrogens is 424 g/mol. The Bertz CT molecular complexity index is 1090. The number of hydrogen-bond acceptors (Lipinski definition) is 4. The van der Waals surface area contributed by atoms with Gasteiger partial charge in [0.15, 0.2) is 0 Å². The van der Waals surface area contributed by atoms with E-state index in [1.54, 1.807) is 6.92 Å². The molecule has 1 aliphatic rings. The predicted octanol–water partition coefficient (Wildman–Crippen LogP) is 3.43. The first-order valence-electron chi connectivity index (χ1n) is 11.7. The summed E-state index contributed by atoms with van der Waals surface area (Å²) in [4.78, 5) is 19.4. The number of rotatable bonds is 8. The van der Waals surface area contributed by atoms with Gasteiger partial charge in [-0.3, -0.25) is 9.89 Å². The van der Waals surface area contributed by atoms with E-state index in [1.807, 2.05) is 65.6 Å². The number of carboxylic acid groups (broad SMARTS) is 1. The predicted molar refractivity (Wildman–Crippen MR) is 136 cm³/mol. The molecule has 0 bridgehead atoms. The number of nitrogens with one attached hydrogen (secondary N) is 1. The van der Waals surface area contributed by atoms with E-state index in [0.29, 0.717) is 36.6 Å². The molecule has 4 rings (SSSR count). The molecule has 3 aromatic rings. The van der Waals surface area contributed by atoms with E-state index in [0.717, 1.165) is 24.2 Å². The maximum absolute atomic E-state index is 12.6. The second-order valence-electron chi connectivity index (χ2n) is 8.76. The molecule has 0 aromatic heterocycles. The number of amidine groups is 1. The minimum Gasteiger partial charge on any atom is -0.480 e. The van der Waals surface area contributed by atoms with E-state index < -0.39 is 11.5 Å². The van der Waals surface area contributed by atoms with E-state index in [9.17, 15) is 9.90 Å². The number of benzene rings is 3. The Labute approximate surface area is 201 Å². The molecule has 6 nitrogen and oxygen atoms in total. The minimum absolute atomic E-state index is 0.0483. The van der Waals surface area contributed by atoms with Gasteiger partial charge in [0.1, 0.15) is 11.4 Å². The molecule has 0 amide bonds. The number of aliphatic imine (C=N–C) groups is 1. The number of hydrogen-bond donors (Lipinski definition) is 3. The first-order chi connectivity index (χ1) is 16.5.